The molecule has 0 aromatic carbocycles. The molecule has 0 amide bonds. The van der Waals surface area contributed by atoms with Crippen LogP contribution in [0.15, 0.2) is 0 Å². The molecule has 0 rings (SSSR count). The molecule has 0 aromatic rings. The molecular formula is C36H71NO10P+. The van der Waals surface area contributed by atoms with E-state index in [0.29, 0.717) is 23.9 Å². The number of carboxylic acid groups (broad SMARTS) is 1. The van der Waals surface area contributed by atoms with E-state index >= 15 is 0 Å². The zero-order valence-corrected chi connectivity index (χ0v) is 31.8. The summed E-state index contributed by atoms with van der Waals surface area (Å²) in [5.74, 6) is -1.63. The van der Waals surface area contributed by atoms with Gasteiger partial charge in [0.2, 0.25) is 0 Å². The number of carboxylic acids is 1. The van der Waals surface area contributed by atoms with E-state index in [4.69, 9.17) is 23.6 Å². The van der Waals surface area contributed by atoms with E-state index in [0.717, 1.165) is 57.8 Å². The maximum atomic E-state index is 12.5. The van der Waals surface area contributed by atoms with Crippen molar-refractivity contribution in [1.29, 1.82) is 0 Å². The van der Waals surface area contributed by atoms with Gasteiger partial charge in [-0.3, -0.25) is 23.4 Å². The number of hydrogen-bond donors (Lipinski definition) is 2. The van der Waals surface area contributed by atoms with Crippen molar-refractivity contribution in [3.05, 3.63) is 0 Å². The number of nitrogens with zero attached hydrogens (tertiary/aromatic N) is 1. The van der Waals surface area contributed by atoms with Gasteiger partial charge in [0.05, 0.1) is 27.7 Å². The Morgan fingerprint density at radius 3 is 1.46 bits per heavy atom. The number of aliphatic carboxylic acids is 1. The zero-order chi connectivity index (χ0) is 35.9. The fourth-order valence-electron chi connectivity index (χ4n) is 5.16. The molecule has 0 bridgehead atoms. The lowest BCUT2D eigenvalue weighted by molar-refractivity contribution is -0.870. The van der Waals surface area contributed by atoms with Crippen molar-refractivity contribution in [3.63, 3.8) is 0 Å². The predicted molar refractivity (Wildman–Crippen MR) is 190 cm³/mol. The minimum atomic E-state index is -4.39. The number of quaternary nitrogens is 1. The Balaban J connectivity index is 4.41. The van der Waals surface area contributed by atoms with Crippen molar-refractivity contribution >= 4 is 25.7 Å². The second kappa shape index (κ2) is 30.3. The lowest BCUT2D eigenvalue weighted by atomic mass is 10.0. The van der Waals surface area contributed by atoms with Crippen molar-refractivity contribution in [1.82, 2.24) is 0 Å². The number of unbranched alkanes of at least 4 members (excludes halogenated alkanes) is 19. The highest BCUT2D eigenvalue weighted by molar-refractivity contribution is 7.47. The van der Waals surface area contributed by atoms with E-state index in [1.165, 1.54) is 64.2 Å². The van der Waals surface area contributed by atoms with Gasteiger partial charge in [0, 0.05) is 19.3 Å². The summed E-state index contributed by atoms with van der Waals surface area (Å²) in [6, 6.07) is 0. The first kappa shape index (κ1) is 46.5. The molecule has 284 valence electrons. The number of carbonyl (C=O) groups is 3. The van der Waals surface area contributed by atoms with Gasteiger partial charge >= 0.3 is 25.7 Å². The van der Waals surface area contributed by atoms with Crippen molar-refractivity contribution in [2.24, 2.45) is 0 Å². The molecular weight excluding hydrogens is 637 g/mol. The third-order valence-corrected chi connectivity index (χ3v) is 9.16. The number of ether oxygens (including phenoxy) is 2. The number of phosphoric ester groups is 1. The van der Waals surface area contributed by atoms with Crippen LogP contribution in [0.2, 0.25) is 0 Å². The van der Waals surface area contributed by atoms with Gasteiger partial charge in [0.15, 0.2) is 6.10 Å². The highest BCUT2D eigenvalue weighted by Gasteiger charge is 2.27. The molecule has 0 fully saturated rings. The summed E-state index contributed by atoms with van der Waals surface area (Å²) in [6.45, 7) is 2.05. The van der Waals surface area contributed by atoms with Crippen LogP contribution in [0.1, 0.15) is 161 Å². The molecule has 0 saturated heterocycles. The van der Waals surface area contributed by atoms with Gasteiger partial charge in [0.1, 0.15) is 19.8 Å². The highest BCUT2D eigenvalue weighted by Crippen LogP contribution is 2.43. The normalized spacial score (nSPS) is 13.6. The minimum absolute atomic E-state index is 0.0121. The summed E-state index contributed by atoms with van der Waals surface area (Å²) < 4.78 is 34.0. The second-order valence-corrected chi connectivity index (χ2v) is 15.6. The number of esters is 2. The second-order valence-electron chi connectivity index (χ2n) is 14.1. The molecule has 0 aliphatic rings. The average molecular weight is 709 g/mol. The molecule has 0 aliphatic carbocycles. The van der Waals surface area contributed by atoms with Crippen LogP contribution in [0.3, 0.4) is 0 Å². The Labute approximate surface area is 292 Å². The van der Waals surface area contributed by atoms with Crippen LogP contribution in [0.4, 0.5) is 0 Å². The van der Waals surface area contributed by atoms with Crippen molar-refractivity contribution in [2.45, 2.75) is 167 Å². The van der Waals surface area contributed by atoms with Gasteiger partial charge < -0.3 is 24.0 Å². The molecule has 0 aromatic heterocycles. The summed E-state index contributed by atoms with van der Waals surface area (Å²) in [5, 5.41) is 8.69. The zero-order valence-electron chi connectivity index (χ0n) is 30.9. The van der Waals surface area contributed by atoms with Gasteiger partial charge in [-0.25, -0.2) is 4.57 Å². The fraction of sp³-hybridized carbons (Fsp3) is 0.917. The Morgan fingerprint density at radius 2 is 1.02 bits per heavy atom. The molecule has 0 spiro atoms. The number of hydrogen-bond acceptors (Lipinski definition) is 8. The Hall–Kier alpha value is -1.52. The van der Waals surface area contributed by atoms with Crippen LogP contribution in [0, 0.1) is 0 Å². The molecule has 11 nitrogen and oxygen atoms in total. The number of carbonyl (C=O) groups excluding carboxylic acids is 2. The van der Waals surface area contributed by atoms with Gasteiger partial charge in [-0.1, -0.05) is 122 Å². The summed E-state index contributed by atoms with van der Waals surface area (Å²) in [4.78, 5) is 45.6. The van der Waals surface area contributed by atoms with Crippen molar-refractivity contribution in [2.75, 3.05) is 47.5 Å². The molecule has 0 heterocycles. The van der Waals surface area contributed by atoms with E-state index < -0.39 is 38.4 Å². The number of rotatable bonds is 35. The molecule has 0 radical (unpaired) electrons. The van der Waals surface area contributed by atoms with Gasteiger partial charge in [-0.2, -0.15) is 0 Å². The van der Waals surface area contributed by atoms with Crippen LogP contribution < -0.4 is 0 Å². The van der Waals surface area contributed by atoms with Crippen LogP contribution in [0.25, 0.3) is 0 Å². The standard InChI is InChI=1S/C36H70NO10P/c1-5-6-7-8-9-10-11-12-13-14-18-21-24-27-35(40)44-31-33(32-46-48(42,43)45-30-29-37(2,3)4)47-36(41)28-25-22-19-16-15-17-20-23-26-34(38)39/h33H,5-32H2,1-4H3,(H-,38,39,42,43)/p+1. The minimum Gasteiger partial charge on any atom is -0.481 e. The summed E-state index contributed by atoms with van der Waals surface area (Å²) in [5.41, 5.74) is 0. The molecule has 48 heavy (non-hydrogen) atoms. The van der Waals surface area contributed by atoms with Crippen LogP contribution >= 0.6 is 7.82 Å². The molecule has 0 aliphatic heterocycles. The smallest absolute Gasteiger partial charge is 0.472 e. The molecule has 2 N–H and O–H groups in total. The van der Waals surface area contributed by atoms with Gasteiger partial charge in [-0.05, 0) is 19.3 Å². The maximum absolute atomic E-state index is 12.5. The maximum Gasteiger partial charge on any atom is 0.472 e. The first-order valence-electron chi connectivity index (χ1n) is 18.8. The highest BCUT2D eigenvalue weighted by atomic mass is 31.2. The third kappa shape index (κ3) is 34.3. The van der Waals surface area contributed by atoms with Crippen LogP contribution in [-0.4, -0.2) is 86.0 Å². The topological polar surface area (TPSA) is 146 Å². The monoisotopic (exact) mass is 708 g/mol. The van der Waals surface area contributed by atoms with Gasteiger partial charge in [-0.15, -0.1) is 0 Å². The van der Waals surface area contributed by atoms with E-state index in [-0.39, 0.29) is 32.5 Å². The first-order chi connectivity index (χ1) is 22.8. The lowest BCUT2D eigenvalue weighted by Crippen LogP contribution is -2.37. The summed E-state index contributed by atoms with van der Waals surface area (Å²) in [6.07, 6.45) is 22.5. The SMILES string of the molecule is CCCCCCCCCCCCCCCC(=O)OCC(COP(=O)(O)OCC[N+](C)(C)C)OC(=O)CCCCCCCCCCC(=O)O. The predicted octanol–water partition coefficient (Wildman–Crippen LogP) is 8.75. The fourth-order valence-corrected chi connectivity index (χ4v) is 5.90. The molecule has 2 atom stereocenters. The third-order valence-electron chi connectivity index (χ3n) is 8.17. The lowest BCUT2D eigenvalue weighted by Gasteiger charge is -2.24. The Bertz CT molecular complexity index is 864. The van der Waals surface area contributed by atoms with Crippen molar-refractivity contribution < 1.29 is 52.0 Å². The quantitative estimate of drug-likeness (QED) is 0.0284. The van der Waals surface area contributed by atoms with Crippen molar-refractivity contribution in [3.8, 4) is 0 Å². The van der Waals surface area contributed by atoms with E-state index in [1.54, 1.807) is 0 Å². The van der Waals surface area contributed by atoms with Gasteiger partial charge in [0.25, 0.3) is 0 Å². The number of likely N-dealkylation sites (N-methyl/N-ethyl adjacent to an activating group) is 1. The summed E-state index contributed by atoms with van der Waals surface area (Å²) in [7, 11) is 1.40. The molecule has 0 saturated carbocycles. The van der Waals surface area contributed by atoms with Crippen LogP contribution in [0.5, 0.6) is 0 Å². The van der Waals surface area contributed by atoms with Crippen LogP contribution in [-0.2, 0) is 37.5 Å². The largest absolute Gasteiger partial charge is 0.481 e. The van der Waals surface area contributed by atoms with E-state index in [1.807, 2.05) is 21.1 Å². The first-order valence-corrected chi connectivity index (χ1v) is 20.3. The van der Waals surface area contributed by atoms with E-state index in [9.17, 15) is 23.8 Å². The molecule has 12 heteroatoms. The number of phosphoric acid groups is 1. The average Bonchev–Trinajstić information content (AvgIpc) is 3.00. The molecule has 2 unspecified atom stereocenters. The van der Waals surface area contributed by atoms with E-state index in [2.05, 4.69) is 6.92 Å². The Kier molecular flexibility index (Phi) is 29.4. The Morgan fingerprint density at radius 1 is 0.604 bits per heavy atom. The summed E-state index contributed by atoms with van der Waals surface area (Å²) >= 11 is 0.